The Morgan fingerprint density at radius 1 is 0.327 bits per heavy atom. The fourth-order valence-corrected chi connectivity index (χ4v) is 10.1. The van der Waals surface area contributed by atoms with Crippen molar-refractivity contribution < 1.29 is 0 Å². The molecular formula is C51H31N. The lowest BCUT2D eigenvalue weighted by Crippen LogP contribution is -2.33. The summed E-state index contributed by atoms with van der Waals surface area (Å²) in [7, 11) is 0. The van der Waals surface area contributed by atoms with Gasteiger partial charge in [-0.25, -0.2) is 0 Å². The van der Waals surface area contributed by atoms with E-state index in [0.717, 1.165) is 0 Å². The lowest BCUT2D eigenvalue weighted by molar-refractivity contribution is 0.749. The molecule has 52 heavy (non-hydrogen) atoms. The first kappa shape index (κ1) is 28.0. The third-order valence-electron chi connectivity index (χ3n) is 12.0. The van der Waals surface area contributed by atoms with Crippen molar-refractivity contribution in [3.63, 3.8) is 0 Å². The van der Waals surface area contributed by atoms with Gasteiger partial charge in [-0.3, -0.25) is 0 Å². The van der Waals surface area contributed by atoms with Crippen molar-refractivity contribution >= 4 is 43.4 Å². The first-order valence-electron chi connectivity index (χ1n) is 18.2. The molecule has 1 aromatic heterocycles. The van der Waals surface area contributed by atoms with Crippen LogP contribution in [0.4, 0.5) is 0 Å². The van der Waals surface area contributed by atoms with Crippen LogP contribution in [0.3, 0.4) is 0 Å². The molecule has 0 N–H and O–H groups in total. The third kappa shape index (κ3) is 3.38. The molecule has 2 aliphatic rings. The van der Waals surface area contributed by atoms with E-state index in [1.54, 1.807) is 0 Å². The summed E-state index contributed by atoms with van der Waals surface area (Å²) in [6.45, 7) is 0. The van der Waals surface area contributed by atoms with Gasteiger partial charge in [-0.15, -0.1) is 0 Å². The molecule has 0 radical (unpaired) electrons. The Hall–Kier alpha value is -6.70. The van der Waals surface area contributed by atoms with E-state index >= 15 is 0 Å². The van der Waals surface area contributed by atoms with Crippen LogP contribution in [-0.2, 0) is 5.41 Å². The molecule has 10 aromatic rings. The molecule has 1 nitrogen and oxygen atoms in total. The lowest BCUT2D eigenvalue weighted by Gasteiger charge is -2.39. The van der Waals surface area contributed by atoms with Gasteiger partial charge in [-0.1, -0.05) is 170 Å². The molecule has 0 saturated carbocycles. The van der Waals surface area contributed by atoms with Gasteiger partial charge in [-0.2, -0.15) is 0 Å². The van der Waals surface area contributed by atoms with Crippen molar-refractivity contribution in [3.05, 3.63) is 210 Å². The molecule has 0 amide bonds. The van der Waals surface area contributed by atoms with Gasteiger partial charge in [-0.05, 0) is 95.4 Å². The number of hydrogen-bond donors (Lipinski definition) is 0. The van der Waals surface area contributed by atoms with Crippen LogP contribution >= 0.6 is 0 Å². The van der Waals surface area contributed by atoms with Gasteiger partial charge in [0.2, 0.25) is 0 Å². The van der Waals surface area contributed by atoms with E-state index in [1.807, 2.05) is 0 Å². The molecule has 12 rings (SSSR count). The molecule has 1 unspecified atom stereocenters. The highest BCUT2D eigenvalue weighted by atomic mass is 15.0. The van der Waals surface area contributed by atoms with Crippen molar-refractivity contribution in [1.82, 2.24) is 4.57 Å². The largest absolute Gasteiger partial charge is 0.309 e. The summed E-state index contributed by atoms with van der Waals surface area (Å²) in [6.07, 6.45) is 0. The molecule has 2 heterocycles. The molecule has 1 aliphatic carbocycles. The third-order valence-corrected chi connectivity index (χ3v) is 12.0. The first-order chi connectivity index (χ1) is 25.8. The zero-order valence-electron chi connectivity index (χ0n) is 28.3. The van der Waals surface area contributed by atoms with E-state index in [1.165, 1.54) is 105 Å². The Morgan fingerprint density at radius 3 is 1.62 bits per heavy atom. The van der Waals surface area contributed by atoms with Crippen LogP contribution in [0.15, 0.2) is 188 Å². The molecule has 0 saturated heterocycles. The van der Waals surface area contributed by atoms with Crippen molar-refractivity contribution in [1.29, 1.82) is 0 Å². The SMILES string of the molecule is c1ccc(-c2c3ccccc3c(-c3ccc4c(c3)C3(c5ccccc5-4)c4ccccc4-n4c5ccccc5c5cccc3c54)c3ccccc23)cc1. The van der Waals surface area contributed by atoms with Crippen LogP contribution < -0.4 is 0 Å². The minimum absolute atomic E-state index is 0.488. The van der Waals surface area contributed by atoms with Crippen LogP contribution in [0.1, 0.15) is 22.3 Å². The smallest absolute Gasteiger partial charge is 0.0754 e. The summed E-state index contributed by atoms with van der Waals surface area (Å²) in [5.41, 5.74) is 16.4. The fourth-order valence-electron chi connectivity index (χ4n) is 10.1. The summed E-state index contributed by atoms with van der Waals surface area (Å²) < 4.78 is 2.52. The number of fused-ring (bicyclic) bond motifs is 14. The highest BCUT2D eigenvalue weighted by molar-refractivity contribution is 6.21. The minimum atomic E-state index is -0.488. The summed E-state index contributed by atoms with van der Waals surface area (Å²) in [4.78, 5) is 0. The number of hydrogen-bond acceptors (Lipinski definition) is 0. The van der Waals surface area contributed by atoms with Gasteiger partial charge in [0.15, 0.2) is 0 Å². The van der Waals surface area contributed by atoms with Crippen LogP contribution in [0.2, 0.25) is 0 Å². The van der Waals surface area contributed by atoms with Gasteiger partial charge in [0.05, 0.1) is 22.1 Å². The Morgan fingerprint density at radius 2 is 0.865 bits per heavy atom. The van der Waals surface area contributed by atoms with Crippen molar-refractivity contribution in [3.8, 4) is 39.1 Å². The zero-order chi connectivity index (χ0) is 34.0. The maximum Gasteiger partial charge on any atom is 0.0754 e. The summed E-state index contributed by atoms with van der Waals surface area (Å²) in [6, 6.07) is 70.3. The van der Waals surface area contributed by atoms with Crippen molar-refractivity contribution in [2.24, 2.45) is 0 Å². The molecule has 9 aromatic carbocycles. The van der Waals surface area contributed by atoms with Crippen molar-refractivity contribution in [2.45, 2.75) is 5.41 Å². The highest BCUT2D eigenvalue weighted by Gasteiger charge is 2.50. The van der Waals surface area contributed by atoms with E-state index in [0.29, 0.717) is 0 Å². The standard InChI is InChI=1S/C51H31N/c1-2-15-32(16-3-1)48-37-19-4-6-21-39(37)49(40-22-7-5-20-38(40)48)33-29-30-35-34-17-8-10-24-42(34)51(45(35)31-33)43-25-11-13-28-47(43)52-46-27-12-9-18-36(46)41-23-14-26-44(51)50(41)52/h1-31H. The van der Waals surface area contributed by atoms with Gasteiger partial charge in [0.1, 0.15) is 0 Å². The predicted molar refractivity (Wildman–Crippen MR) is 218 cm³/mol. The van der Waals surface area contributed by atoms with E-state index < -0.39 is 5.41 Å². The van der Waals surface area contributed by atoms with Crippen LogP contribution in [0.5, 0.6) is 0 Å². The maximum atomic E-state index is 2.54. The quantitative estimate of drug-likeness (QED) is 0.163. The van der Waals surface area contributed by atoms with Gasteiger partial charge in [0, 0.05) is 10.8 Å². The average molecular weight is 658 g/mol. The molecule has 1 aliphatic heterocycles. The van der Waals surface area contributed by atoms with Crippen LogP contribution in [0.25, 0.3) is 82.4 Å². The summed E-state index contributed by atoms with van der Waals surface area (Å²) >= 11 is 0. The van der Waals surface area contributed by atoms with E-state index in [-0.39, 0.29) is 0 Å². The number of benzene rings is 9. The monoisotopic (exact) mass is 657 g/mol. The van der Waals surface area contributed by atoms with Crippen LogP contribution in [0, 0.1) is 0 Å². The number of nitrogens with zero attached hydrogens (tertiary/aromatic N) is 1. The molecule has 1 atom stereocenters. The zero-order valence-corrected chi connectivity index (χ0v) is 28.3. The van der Waals surface area contributed by atoms with Gasteiger partial charge >= 0.3 is 0 Å². The van der Waals surface area contributed by atoms with E-state index in [9.17, 15) is 0 Å². The summed E-state index contributed by atoms with van der Waals surface area (Å²) in [5.74, 6) is 0. The number of para-hydroxylation sites is 3. The summed E-state index contributed by atoms with van der Waals surface area (Å²) in [5, 5.41) is 7.70. The molecule has 1 heteroatoms. The van der Waals surface area contributed by atoms with Gasteiger partial charge in [0.25, 0.3) is 0 Å². The van der Waals surface area contributed by atoms with E-state index in [4.69, 9.17) is 0 Å². The molecular weight excluding hydrogens is 627 g/mol. The Kier molecular flexibility index (Phi) is 5.49. The first-order valence-corrected chi connectivity index (χ1v) is 18.2. The van der Waals surface area contributed by atoms with E-state index in [2.05, 4.69) is 193 Å². The second-order valence-corrected chi connectivity index (χ2v) is 14.3. The highest BCUT2D eigenvalue weighted by Crippen LogP contribution is 2.61. The number of rotatable bonds is 2. The second-order valence-electron chi connectivity index (χ2n) is 14.3. The Bertz CT molecular complexity index is 3070. The Balaban J connectivity index is 1.24. The average Bonchev–Trinajstić information content (AvgIpc) is 3.70. The number of aromatic nitrogens is 1. The molecule has 1 spiro atoms. The van der Waals surface area contributed by atoms with Crippen LogP contribution in [-0.4, -0.2) is 4.57 Å². The fraction of sp³-hybridized carbons (Fsp3) is 0.0196. The van der Waals surface area contributed by atoms with Crippen molar-refractivity contribution in [2.75, 3.05) is 0 Å². The Labute approximate surface area is 301 Å². The minimum Gasteiger partial charge on any atom is -0.309 e. The topological polar surface area (TPSA) is 4.93 Å². The lowest BCUT2D eigenvalue weighted by atomic mass is 9.65. The maximum absolute atomic E-state index is 2.54. The molecule has 0 bridgehead atoms. The normalized spacial score (nSPS) is 15.4. The van der Waals surface area contributed by atoms with Gasteiger partial charge < -0.3 is 4.57 Å². The molecule has 240 valence electrons. The molecule has 0 fully saturated rings. The second kappa shape index (κ2) is 10.2. The predicted octanol–water partition coefficient (Wildman–Crippen LogP) is 13.1.